The molecule has 2 aliphatic rings. The zero-order valence-electron chi connectivity index (χ0n) is 11.6. The fourth-order valence-corrected chi connectivity index (χ4v) is 2.76. The lowest BCUT2D eigenvalue weighted by atomic mass is 10.2. The Morgan fingerprint density at radius 3 is 2.78 bits per heavy atom. The van der Waals surface area contributed by atoms with Gasteiger partial charge in [0, 0.05) is 25.7 Å². The van der Waals surface area contributed by atoms with Crippen molar-refractivity contribution in [3.8, 4) is 0 Å². The summed E-state index contributed by atoms with van der Waals surface area (Å²) in [6.07, 6.45) is 3.20. The quantitative estimate of drug-likeness (QED) is 0.554. The fourth-order valence-electron chi connectivity index (χ4n) is 2.76. The van der Waals surface area contributed by atoms with Crippen LogP contribution in [0.1, 0.15) is 26.2 Å². The van der Waals surface area contributed by atoms with Crippen molar-refractivity contribution in [2.45, 2.75) is 38.3 Å². The van der Waals surface area contributed by atoms with Gasteiger partial charge in [0.1, 0.15) is 0 Å². The summed E-state index contributed by atoms with van der Waals surface area (Å²) in [5.41, 5.74) is 0. The summed E-state index contributed by atoms with van der Waals surface area (Å²) < 4.78 is 0. The molecule has 104 valence electrons. The molecule has 2 N–H and O–H groups in total. The van der Waals surface area contributed by atoms with E-state index in [-0.39, 0.29) is 6.10 Å². The number of guanidine groups is 1. The highest BCUT2D eigenvalue weighted by Crippen LogP contribution is 2.15. The van der Waals surface area contributed by atoms with E-state index in [2.05, 4.69) is 29.1 Å². The summed E-state index contributed by atoms with van der Waals surface area (Å²) in [7, 11) is 2.18. The summed E-state index contributed by atoms with van der Waals surface area (Å²) in [6, 6.07) is 0.589. The minimum atomic E-state index is -0.192. The molecule has 0 saturated carbocycles. The number of nitrogens with zero attached hydrogens (tertiary/aromatic N) is 3. The Kier molecular flexibility index (Phi) is 4.83. The predicted octanol–water partition coefficient (Wildman–Crippen LogP) is 0.113. The minimum absolute atomic E-state index is 0.192. The Labute approximate surface area is 110 Å². The van der Waals surface area contributed by atoms with Gasteiger partial charge >= 0.3 is 0 Å². The summed E-state index contributed by atoms with van der Waals surface area (Å²) in [4.78, 5) is 9.31. The molecule has 0 aromatic rings. The highest BCUT2D eigenvalue weighted by atomic mass is 16.3. The largest absolute Gasteiger partial charge is 0.391 e. The molecule has 2 saturated heterocycles. The maximum Gasteiger partial charge on any atom is 0.194 e. The molecule has 0 bridgehead atoms. The molecule has 2 atom stereocenters. The smallest absolute Gasteiger partial charge is 0.194 e. The molecule has 2 aliphatic heterocycles. The third-order valence-electron chi connectivity index (χ3n) is 3.92. The standard InChI is InChI=1S/C13H26N4O/c1-3-14-13(17-8-6-12(18)10-17)15-9-11-5-4-7-16(11)2/h11-12,18H,3-10H2,1-2H3,(H,14,15)/t11?,12-/m1/s1. The van der Waals surface area contributed by atoms with Crippen LogP contribution in [0.15, 0.2) is 4.99 Å². The first kappa shape index (κ1) is 13.6. The van der Waals surface area contributed by atoms with Gasteiger partial charge in [-0.15, -0.1) is 0 Å². The van der Waals surface area contributed by atoms with Gasteiger partial charge in [0.15, 0.2) is 5.96 Å². The fraction of sp³-hybridized carbons (Fsp3) is 0.923. The van der Waals surface area contributed by atoms with Crippen molar-refractivity contribution in [1.29, 1.82) is 0 Å². The lowest BCUT2D eigenvalue weighted by Crippen LogP contribution is -2.41. The van der Waals surface area contributed by atoms with Gasteiger partial charge in [-0.05, 0) is 39.8 Å². The van der Waals surface area contributed by atoms with E-state index < -0.39 is 0 Å². The zero-order valence-corrected chi connectivity index (χ0v) is 11.6. The molecule has 0 aromatic heterocycles. The average Bonchev–Trinajstić information content (AvgIpc) is 2.94. The van der Waals surface area contributed by atoms with Crippen LogP contribution in [0.5, 0.6) is 0 Å². The molecule has 2 heterocycles. The van der Waals surface area contributed by atoms with Crippen LogP contribution in [-0.2, 0) is 0 Å². The average molecular weight is 254 g/mol. The Hall–Kier alpha value is -0.810. The predicted molar refractivity (Wildman–Crippen MR) is 73.8 cm³/mol. The van der Waals surface area contributed by atoms with Crippen molar-refractivity contribution in [1.82, 2.24) is 15.1 Å². The molecule has 2 fully saturated rings. The van der Waals surface area contributed by atoms with E-state index in [9.17, 15) is 5.11 Å². The number of likely N-dealkylation sites (tertiary alicyclic amines) is 2. The van der Waals surface area contributed by atoms with Crippen molar-refractivity contribution in [2.24, 2.45) is 4.99 Å². The molecule has 0 amide bonds. The number of hydrogen-bond donors (Lipinski definition) is 2. The first-order valence-electron chi connectivity index (χ1n) is 7.12. The number of aliphatic imine (C=N–C) groups is 1. The summed E-state index contributed by atoms with van der Waals surface area (Å²) in [5.74, 6) is 0.967. The number of rotatable bonds is 3. The summed E-state index contributed by atoms with van der Waals surface area (Å²) in [6.45, 7) is 6.65. The Balaban J connectivity index is 1.91. The monoisotopic (exact) mass is 254 g/mol. The molecule has 1 unspecified atom stereocenters. The van der Waals surface area contributed by atoms with Crippen LogP contribution in [0.25, 0.3) is 0 Å². The van der Waals surface area contributed by atoms with Crippen LogP contribution >= 0.6 is 0 Å². The Bertz CT molecular complexity index is 295. The van der Waals surface area contributed by atoms with Gasteiger partial charge < -0.3 is 20.2 Å². The number of nitrogens with one attached hydrogen (secondary N) is 1. The van der Waals surface area contributed by atoms with Crippen LogP contribution < -0.4 is 5.32 Å². The summed E-state index contributed by atoms with van der Waals surface area (Å²) in [5, 5.41) is 12.9. The van der Waals surface area contributed by atoms with Gasteiger partial charge in [0.05, 0.1) is 12.6 Å². The zero-order chi connectivity index (χ0) is 13.0. The molecule has 5 heteroatoms. The van der Waals surface area contributed by atoms with Gasteiger partial charge in [0.2, 0.25) is 0 Å². The number of aliphatic hydroxyl groups excluding tert-OH is 1. The second-order valence-corrected chi connectivity index (χ2v) is 5.36. The van der Waals surface area contributed by atoms with Crippen LogP contribution in [0.3, 0.4) is 0 Å². The molecular formula is C13H26N4O. The third kappa shape index (κ3) is 3.36. The van der Waals surface area contributed by atoms with E-state index in [1.807, 2.05) is 0 Å². The number of likely N-dealkylation sites (N-methyl/N-ethyl adjacent to an activating group) is 1. The topological polar surface area (TPSA) is 51.1 Å². The molecule has 2 rings (SSSR count). The molecule has 0 aromatic carbocycles. The Morgan fingerprint density at radius 2 is 2.22 bits per heavy atom. The number of aliphatic hydroxyl groups is 1. The first-order valence-corrected chi connectivity index (χ1v) is 7.12. The number of hydrogen-bond acceptors (Lipinski definition) is 3. The van der Waals surface area contributed by atoms with Crippen LogP contribution in [-0.4, -0.2) is 72.8 Å². The summed E-state index contributed by atoms with van der Waals surface area (Å²) >= 11 is 0. The van der Waals surface area contributed by atoms with E-state index in [1.165, 1.54) is 19.4 Å². The second-order valence-electron chi connectivity index (χ2n) is 5.36. The highest BCUT2D eigenvalue weighted by Gasteiger charge is 2.24. The lowest BCUT2D eigenvalue weighted by Gasteiger charge is -2.23. The van der Waals surface area contributed by atoms with Crippen LogP contribution in [0.2, 0.25) is 0 Å². The van der Waals surface area contributed by atoms with Crippen molar-refractivity contribution < 1.29 is 5.11 Å². The van der Waals surface area contributed by atoms with E-state index in [4.69, 9.17) is 4.99 Å². The maximum absolute atomic E-state index is 9.61. The maximum atomic E-state index is 9.61. The minimum Gasteiger partial charge on any atom is -0.391 e. The van der Waals surface area contributed by atoms with Crippen LogP contribution in [0, 0.1) is 0 Å². The van der Waals surface area contributed by atoms with Gasteiger partial charge in [-0.3, -0.25) is 4.99 Å². The third-order valence-corrected chi connectivity index (χ3v) is 3.92. The first-order chi connectivity index (χ1) is 8.70. The Morgan fingerprint density at radius 1 is 1.39 bits per heavy atom. The van der Waals surface area contributed by atoms with E-state index in [1.54, 1.807) is 0 Å². The molecule has 5 nitrogen and oxygen atoms in total. The highest BCUT2D eigenvalue weighted by molar-refractivity contribution is 5.80. The molecular weight excluding hydrogens is 228 g/mol. The van der Waals surface area contributed by atoms with Gasteiger partial charge in [-0.2, -0.15) is 0 Å². The molecule has 0 radical (unpaired) electrons. The molecule has 0 spiro atoms. The van der Waals surface area contributed by atoms with Crippen LogP contribution in [0.4, 0.5) is 0 Å². The molecule has 0 aliphatic carbocycles. The van der Waals surface area contributed by atoms with E-state index in [0.717, 1.165) is 32.0 Å². The van der Waals surface area contributed by atoms with E-state index in [0.29, 0.717) is 12.6 Å². The second kappa shape index (κ2) is 6.38. The van der Waals surface area contributed by atoms with Crippen molar-refractivity contribution in [2.75, 3.05) is 39.8 Å². The SMILES string of the molecule is CCNC(=NCC1CCCN1C)N1CC[C@@H](O)C1. The van der Waals surface area contributed by atoms with Gasteiger partial charge in [0.25, 0.3) is 0 Å². The molecule has 18 heavy (non-hydrogen) atoms. The van der Waals surface area contributed by atoms with E-state index >= 15 is 0 Å². The van der Waals surface area contributed by atoms with Gasteiger partial charge in [-0.1, -0.05) is 0 Å². The van der Waals surface area contributed by atoms with Crippen molar-refractivity contribution >= 4 is 5.96 Å². The van der Waals surface area contributed by atoms with Crippen molar-refractivity contribution in [3.05, 3.63) is 0 Å². The van der Waals surface area contributed by atoms with Gasteiger partial charge in [-0.25, -0.2) is 0 Å². The number of β-amino-alcohol motifs (C(OH)–C–C–N with tert-alkyl or cyclic N) is 1. The lowest BCUT2D eigenvalue weighted by molar-refractivity contribution is 0.187. The normalized spacial score (nSPS) is 30.2. The van der Waals surface area contributed by atoms with Crippen molar-refractivity contribution in [3.63, 3.8) is 0 Å².